The zero-order valence-electron chi connectivity index (χ0n) is 13.3. The maximum Gasteiger partial charge on any atom is -0.00462 e. The molecule has 0 aliphatic heterocycles. The minimum atomic E-state index is 0.478. The number of hydrogen-bond donors (Lipinski definition) is 1. The van der Waals surface area contributed by atoms with Crippen molar-refractivity contribution in [2.45, 2.75) is 73.1 Å². The first-order chi connectivity index (χ1) is 8.38. The maximum atomic E-state index is 6.00. The van der Waals surface area contributed by atoms with Gasteiger partial charge >= 0.3 is 0 Å². The standard InChI is InChI=1S/C17H35N/c1-6-7-13(2)10-15-11-16(17(3,4)5)9-8-14(15)12-18/h13-16H,6-12,18H2,1-5H3. The van der Waals surface area contributed by atoms with Crippen LogP contribution in [0.25, 0.3) is 0 Å². The molecule has 1 fully saturated rings. The summed E-state index contributed by atoms with van der Waals surface area (Å²) in [4.78, 5) is 0. The number of rotatable bonds is 5. The van der Waals surface area contributed by atoms with Gasteiger partial charge in [-0.3, -0.25) is 0 Å². The molecular formula is C17H35N. The first kappa shape index (κ1) is 16.0. The summed E-state index contributed by atoms with van der Waals surface area (Å²) in [6.45, 7) is 12.9. The number of hydrogen-bond acceptors (Lipinski definition) is 1. The van der Waals surface area contributed by atoms with Crippen molar-refractivity contribution in [3.63, 3.8) is 0 Å². The van der Waals surface area contributed by atoms with Crippen molar-refractivity contribution in [1.29, 1.82) is 0 Å². The van der Waals surface area contributed by atoms with Gasteiger partial charge < -0.3 is 5.73 Å². The highest BCUT2D eigenvalue weighted by Crippen LogP contribution is 2.44. The second-order valence-corrected chi connectivity index (χ2v) is 7.76. The van der Waals surface area contributed by atoms with Crippen LogP contribution < -0.4 is 5.73 Å². The molecule has 0 amide bonds. The molecule has 0 heterocycles. The van der Waals surface area contributed by atoms with Crippen LogP contribution in [0.15, 0.2) is 0 Å². The average Bonchev–Trinajstić information content (AvgIpc) is 2.28. The lowest BCUT2D eigenvalue weighted by Crippen LogP contribution is -2.35. The molecule has 4 unspecified atom stereocenters. The van der Waals surface area contributed by atoms with Crippen molar-refractivity contribution in [3.05, 3.63) is 0 Å². The van der Waals surface area contributed by atoms with Gasteiger partial charge in [0.15, 0.2) is 0 Å². The second kappa shape index (κ2) is 6.93. The monoisotopic (exact) mass is 253 g/mol. The zero-order chi connectivity index (χ0) is 13.8. The van der Waals surface area contributed by atoms with E-state index in [-0.39, 0.29) is 0 Å². The Balaban J connectivity index is 2.59. The predicted octanol–water partition coefficient (Wildman–Crippen LogP) is 4.85. The molecule has 0 aromatic rings. The Morgan fingerprint density at radius 1 is 1.17 bits per heavy atom. The van der Waals surface area contributed by atoms with E-state index in [4.69, 9.17) is 5.73 Å². The Kier molecular flexibility index (Phi) is 6.17. The quantitative estimate of drug-likeness (QED) is 0.744. The van der Waals surface area contributed by atoms with Gasteiger partial charge in [-0.05, 0) is 61.3 Å². The van der Waals surface area contributed by atoms with Gasteiger partial charge in [-0.25, -0.2) is 0 Å². The van der Waals surface area contributed by atoms with Crippen molar-refractivity contribution in [2.24, 2.45) is 34.8 Å². The summed E-state index contributed by atoms with van der Waals surface area (Å²) in [5.41, 5.74) is 6.48. The van der Waals surface area contributed by atoms with E-state index in [2.05, 4.69) is 34.6 Å². The molecule has 1 saturated carbocycles. The largest absolute Gasteiger partial charge is 0.330 e. The smallest absolute Gasteiger partial charge is 0.00462 e. The molecule has 18 heavy (non-hydrogen) atoms. The molecule has 0 saturated heterocycles. The van der Waals surface area contributed by atoms with Gasteiger partial charge in [-0.2, -0.15) is 0 Å². The Morgan fingerprint density at radius 3 is 2.33 bits per heavy atom. The van der Waals surface area contributed by atoms with Gasteiger partial charge in [0.2, 0.25) is 0 Å². The Bertz CT molecular complexity index is 228. The third-order valence-corrected chi connectivity index (χ3v) is 5.15. The minimum Gasteiger partial charge on any atom is -0.330 e. The van der Waals surface area contributed by atoms with Crippen LogP contribution in [-0.2, 0) is 0 Å². The van der Waals surface area contributed by atoms with Crippen LogP contribution in [0.4, 0.5) is 0 Å². The van der Waals surface area contributed by atoms with Gasteiger partial charge in [-0.1, -0.05) is 47.5 Å². The lowest BCUT2D eigenvalue weighted by molar-refractivity contribution is 0.0872. The minimum absolute atomic E-state index is 0.478. The molecule has 108 valence electrons. The third-order valence-electron chi connectivity index (χ3n) is 5.15. The molecule has 0 bridgehead atoms. The fourth-order valence-electron chi connectivity index (χ4n) is 3.84. The maximum absolute atomic E-state index is 6.00. The lowest BCUT2D eigenvalue weighted by Gasteiger charge is -2.42. The SMILES string of the molecule is CCCC(C)CC1CC(C(C)(C)C)CCC1CN. The van der Waals surface area contributed by atoms with Crippen LogP contribution in [0, 0.1) is 29.1 Å². The summed E-state index contributed by atoms with van der Waals surface area (Å²) in [5, 5.41) is 0. The molecule has 0 spiro atoms. The first-order valence-corrected chi connectivity index (χ1v) is 8.08. The molecule has 4 atom stereocenters. The zero-order valence-corrected chi connectivity index (χ0v) is 13.3. The van der Waals surface area contributed by atoms with Gasteiger partial charge in [0.25, 0.3) is 0 Å². The number of nitrogens with two attached hydrogens (primary N) is 1. The topological polar surface area (TPSA) is 26.0 Å². The Labute approximate surface area is 115 Å². The van der Waals surface area contributed by atoms with Crippen molar-refractivity contribution >= 4 is 0 Å². The van der Waals surface area contributed by atoms with Crippen LogP contribution in [0.1, 0.15) is 73.1 Å². The summed E-state index contributed by atoms with van der Waals surface area (Å²) < 4.78 is 0. The van der Waals surface area contributed by atoms with Gasteiger partial charge in [0.05, 0.1) is 0 Å². The highest BCUT2D eigenvalue weighted by atomic mass is 14.6. The van der Waals surface area contributed by atoms with E-state index in [1.54, 1.807) is 0 Å². The third kappa shape index (κ3) is 4.57. The predicted molar refractivity (Wildman–Crippen MR) is 81.5 cm³/mol. The van der Waals surface area contributed by atoms with E-state index in [1.807, 2.05) is 0 Å². The summed E-state index contributed by atoms with van der Waals surface area (Å²) in [5.74, 6) is 3.46. The van der Waals surface area contributed by atoms with E-state index in [0.717, 1.165) is 30.2 Å². The first-order valence-electron chi connectivity index (χ1n) is 8.08. The van der Waals surface area contributed by atoms with Crippen LogP contribution in [0.2, 0.25) is 0 Å². The molecule has 0 radical (unpaired) electrons. The van der Waals surface area contributed by atoms with Gasteiger partial charge in [0, 0.05) is 0 Å². The molecule has 1 aliphatic rings. The van der Waals surface area contributed by atoms with E-state index in [1.165, 1.54) is 38.5 Å². The van der Waals surface area contributed by atoms with Gasteiger partial charge in [0.1, 0.15) is 0 Å². The van der Waals surface area contributed by atoms with Crippen LogP contribution in [0.5, 0.6) is 0 Å². The van der Waals surface area contributed by atoms with Crippen LogP contribution >= 0.6 is 0 Å². The fraction of sp³-hybridized carbons (Fsp3) is 1.00. The van der Waals surface area contributed by atoms with E-state index >= 15 is 0 Å². The second-order valence-electron chi connectivity index (χ2n) is 7.76. The molecule has 1 nitrogen and oxygen atoms in total. The lowest BCUT2D eigenvalue weighted by atomic mass is 9.64. The summed E-state index contributed by atoms with van der Waals surface area (Å²) >= 11 is 0. The molecule has 2 N–H and O–H groups in total. The van der Waals surface area contributed by atoms with Crippen molar-refractivity contribution < 1.29 is 0 Å². The van der Waals surface area contributed by atoms with E-state index in [9.17, 15) is 0 Å². The highest BCUT2D eigenvalue weighted by molar-refractivity contribution is 4.86. The van der Waals surface area contributed by atoms with Crippen molar-refractivity contribution in [1.82, 2.24) is 0 Å². The van der Waals surface area contributed by atoms with Crippen molar-refractivity contribution in [3.8, 4) is 0 Å². The summed E-state index contributed by atoms with van der Waals surface area (Å²) in [6.07, 6.45) is 8.28. The molecule has 0 aromatic carbocycles. The highest BCUT2D eigenvalue weighted by Gasteiger charge is 2.35. The van der Waals surface area contributed by atoms with Crippen molar-refractivity contribution in [2.75, 3.05) is 6.54 Å². The summed E-state index contributed by atoms with van der Waals surface area (Å²) in [6, 6.07) is 0. The van der Waals surface area contributed by atoms with Gasteiger partial charge in [-0.15, -0.1) is 0 Å². The molecule has 1 aliphatic carbocycles. The Morgan fingerprint density at radius 2 is 1.83 bits per heavy atom. The average molecular weight is 253 g/mol. The molecule has 1 heteroatoms. The van der Waals surface area contributed by atoms with Crippen LogP contribution in [0.3, 0.4) is 0 Å². The molecule has 0 aromatic heterocycles. The fourth-order valence-corrected chi connectivity index (χ4v) is 3.84. The van der Waals surface area contributed by atoms with E-state index < -0.39 is 0 Å². The summed E-state index contributed by atoms with van der Waals surface area (Å²) in [7, 11) is 0. The van der Waals surface area contributed by atoms with Crippen LogP contribution in [-0.4, -0.2) is 6.54 Å². The van der Waals surface area contributed by atoms with E-state index in [0.29, 0.717) is 5.41 Å². The Hall–Kier alpha value is -0.0400. The normalized spacial score (nSPS) is 31.3. The molecular weight excluding hydrogens is 218 g/mol. The molecule has 1 rings (SSSR count).